The van der Waals surface area contributed by atoms with Crippen molar-refractivity contribution in [3.05, 3.63) is 96.7 Å². The van der Waals surface area contributed by atoms with Crippen LogP contribution in [0.5, 0.6) is 0 Å². The first-order chi connectivity index (χ1) is 20.5. The molecule has 1 unspecified atom stereocenters. The van der Waals surface area contributed by atoms with Gasteiger partial charge >= 0.3 is 0 Å². The Balaban J connectivity index is 1.06. The molecule has 6 rings (SSSR count). The van der Waals surface area contributed by atoms with Crippen molar-refractivity contribution in [2.45, 2.75) is 28.7 Å². The molecule has 1 atom stereocenters. The minimum atomic E-state index is -3.59. The van der Waals surface area contributed by atoms with E-state index in [0.717, 1.165) is 50.3 Å². The highest BCUT2D eigenvalue weighted by Crippen LogP contribution is 2.25. The van der Waals surface area contributed by atoms with Gasteiger partial charge in [0.05, 0.1) is 21.6 Å². The molecular formula is C32H33N5O4S. The maximum Gasteiger partial charge on any atom is 0.253 e. The van der Waals surface area contributed by atoms with Crippen LogP contribution in [0, 0.1) is 0 Å². The number of hydrogen-bond donors (Lipinski definition) is 1. The maximum absolute atomic E-state index is 13.1. The highest BCUT2D eigenvalue weighted by molar-refractivity contribution is 7.91. The summed E-state index contributed by atoms with van der Waals surface area (Å²) in [7, 11) is -3.59. The van der Waals surface area contributed by atoms with Crippen LogP contribution in [0.1, 0.15) is 23.2 Å². The molecule has 0 bridgehead atoms. The lowest BCUT2D eigenvalue weighted by molar-refractivity contribution is 0.0432. The SMILES string of the molecule is O=C(c1ccc(Nc2nccc(-c3ccc(S(=O)(=O)c4ccccc4)cc3)n2)cc1)N1CCN(CC2CCCO2)CC1. The Hall–Kier alpha value is -4.12. The average Bonchev–Trinajstić information content (AvgIpc) is 3.55. The van der Waals surface area contributed by atoms with Gasteiger partial charge in [-0.3, -0.25) is 9.69 Å². The molecule has 1 aromatic heterocycles. The lowest BCUT2D eigenvalue weighted by Crippen LogP contribution is -2.50. The van der Waals surface area contributed by atoms with E-state index in [1.807, 2.05) is 29.2 Å². The number of ether oxygens (including phenoxy) is 1. The van der Waals surface area contributed by atoms with Gasteiger partial charge in [-0.1, -0.05) is 30.3 Å². The van der Waals surface area contributed by atoms with Crippen molar-refractivity contribution in [2.24, 2.45) is 0 Å². The van der Waals surface area contributed by atoms with E-state index >= 15 is 0 Å². The number of nitrogens with one attached hydrogen (secondary N) is 1. The lowest BCUT2D eigenvalue weighted by Gasteiger charge is -2.35. The van der Waals surface area contributed by atoms with Gasteiger partial charge in [0.25, 0.3) is 5.91 Å². The molecule has 0 spiro atoms. The van der Waals surface area contributed by atoms with Crippen LogP contribution >= 0.6 is 0 Å². The molecule has 10 heteroatoms. The first-order valence-electron chi connectivity index (χ1n) is 14.2. The summed E-state index contributed by atoms with van der Waals surface area (Å²) < 4.78 is 31.6. The van der Waals surface area contributed by atoms with Crippen molar-refractivity contribution in [3.8, 4) is 11.3 Å². The van der Waals surface area contributed by atoms with E-state index in [-0.39, 0.29) is 15.7 Å². The molecule has 1 N–H and O–H groups in total. The minimum Gasteiger partial charge on any atom is -0.377 e. The van der Waals surface area contributed by atoms with E-state index in [4.69, 9.17) is 4.74 Å². The Morgan fingerprint density at radius 2 is 1.60 bits per heavy atom. The van der Waals surface area contributed by atoms with Crippen molar-refractivity contribution >= 4 is 27.4 Å². The second kappa shape index (κ2) is 12.4. The predicted octanol–water partition coefficient (Wildman–Crippen LogP) is 4.66. The van der Waals surface area contributed by atoms with Gasteiger partial charge in [0.15, 0.2) is 0 Å². The predicted molar refractivity (Wildman–Crippen MR) is 160 cm³/mol. The monoisotopic (exact) mass is 583 g/mol. The molecule has 1 amide bonds. The fraction of sp³-hybridized carbons (Fsp3) is 0.281. The van der Waals surface area contributed by atoms with Crippen molar-refractivity contribution < 1.29 is 17.9 Å². The number of sulfone groups is 1. The third kappa shape index (κ3) is 6.35. The first-order valence-corrected chi connectivity index (χ1v) is 15.7. The van der Waals surface area contributed by atoms with Crippen LogP contribution in [-0.4, -0.2) is 79.5 Å². The van der Waals surface area contributed by atoms with Gasteiger partial charge in [0.2, 0.25) is 15.8 Å². The summed E-state index contributed by atoms with van der Waals surface area (Å²) in [4.78, 5) is 26.8. The smallest absolute Gasteiger partial charge is 0.253 e. The van der Waals surface area contributed by atoms with Crippen molar-refractivity contribution in [3.63, 3.8) is 0 Å². The van der Waals surface area contributed by atoms with Gasteiger partial charge in [-0.15, -0.1) is 0 Å². The normalized spacial score (nSPS) is 17.7. The molecular weight excluding hydrogens is 550 g/mol. The van der Waals surface area contributed by atoms with E-state index in [0.29, 0.717) is 36.4 Å². The highest BCUT2D eigenvalue weighted by Gasteiger charge is 2.25. The molecule has 0 aliphatic carbocycles. The van der Waals surface area contributed by atoms with Crippen LogP contribution < -0.4 is 5.32 Å². The average molecular weight is 584 g/mol. The Labute approximate surface area is 246 Å². The summed E-state index contributed by atoms with van der Waals surface area (Å²) >= 11 is 0. The molecule has 3 heterocycles. The molecule has 4 aromatic rings. The van der Waals surface area contributed by atoms with Crippen LogP contribution in [0.3, 0.4) is 0 Å². The second-order valence-electron chi connectivity index (χ2n) is 10.5. The number of piperazine rings is 1. The van der Waals surface area contributed by atoms with E-state index < -0.39 is 9.84 Å². The number of nitrogens with zero attached hydrogens (tertiary/aromatic N) is 4. The van der Waals surface area contributed by atoms with Crippen LogP contribution in [0.2, 0.25) is 0 Å². The van der Waals surface area contributed by atoms with Gasteiger partial charge in [0, 0.05) is 62.3 Å². The fourth-order valence-corrected chi connectivity index (χ4v) is 6.62. The molecule has 42 heavy (non-hydrogen) atoms. The van der Waals surface area contributed by atoms with Gasteiger partial charge in [0.1, 0.15) is 0 Å². The summed E-state index contributed by atoms with van der Waals surface area (Å²) in [6, 6.07) is 24.1. The van der Waals surface area contributed by atoms with Gasteiger partial charge in [-0.25, -0.2) is 18.4 Å². The third-order valence-electron chi connectivity index (χ3n) is 7.70. The summed E-state index contributed by atoms with van der Waals surface area (Å²) in [6.45, 7) is 4.97. The number of benzene rings is 3. The van der Waals surface area contributed by atoms with E-state index in [1.165, 1.54) is 0 Å². The summed E-state index contributed by atoms with van der Waals surface area (Å²) in [5, 5.41) is 3.20. The molecule has 3 aromatic carbocycles. The molecule has 0 saturated carbocycles. The molecule has 2 saturated heterocycles. The quantitative estimate of drug-likeness (QED) is 0.320. The number of amides is 1. The Kier molecular flexibility index (Phi) is 8.27. The van der Waals surface area contributed by atoms with Gasteiger partial charge in [-0.05, 0) is 67.4 Å². The first kappa shape index (κ1) is 28.0. The van der Waals surface area contributed by atoms with Crippen molar-refractivity contribution in [1.29, 1.82) is 0 Å². The number of hydrogen-bond acceptors (Lipinski definition) is 8. The summed E-state index contributed by atoms with van der Waals surface area (Å²) in [5.74, 6) is 0.434. The van der Waals surface area contributed by atoms with Crippen molar-refractivity contribution in [1.82, 2.24) is 19.8 Å². The molecule has 9 nitrogen and oxygen atoms in total. The zero-order valence-corrected chi connectivity index (χ0v) is 24.0. The zero-order valence-electron chi connectivity index (χ0n) is 23.2. The summed E-state index contributed by atoms with van der Waals surface area (Å²) in [5.41, 5.74) is 2.83. The lowest BCUT2D eigenvalue weighted by atomic mass is 10.1. The second-order valence-corrected chi connectivity index (χ2v) is 12.5. The number of carbonyl (C=O) groups is 1. The van der Waals surface area contributed by atoms with Crippen LogP contribution in [-0.2, 0) is 14.6 Å². The van der Waals surface area contributed by atoms with E-state index in [1.54, 1.807) is 66.9 Å². The zero-order chi connectivity index (χ0) is 28.9. The molecule has 0 radical (unpaired) electrons. The molecule has 2 aliphatic heterocycles. The number of anilines is 2. The van der Waals surface area contributed by atoms with Crippen LogP contribution in [0.25, 0.3) is 11.3 Å². The van der Waals surface area contributed by atoms with Crippen LogP contribution in [0.15, 0.2) is 101 Å². The fourth-order valence-electron chi connectivity index (χ4n) is 5.34. The highest BCUT2D eigenvalue weighted by atomic mass is 32.2. The summed E-state index contributed by atoms with van der Waals surface area (Å²) in [6.07, 6.45) is 4.25. The number of rotatable bonds is 8. The van der Waals surface area contributed by atoms with Gasteiger partial charge in [-0.2, -0.15) is 0 Å². The topological polar surface area (TPSA) is 105 Å². The Bertz CT molecular complexity index is 1620. The Morgan fingerprint density at radius 1 is 0.881 bits per heavy atom. The van der Waals surface area contributed by atoms with E-state index in [2.05, 4.69) is 20.2 Å². The molecule has 216 valence electrons. The van der Waals surface area contributed by atoms with Crippen molar-refractivity contribution in [2.75, 3.05) is 44.6 Å². The molecule has 2 aliphatic rings. The standard InChI is InChI=1S/C32H33N5O4S/c38-31(37-20-18-36(19-21-37)23-27-5-4-22-41-27)25-8-12-26(13-9-25)34-32-33-17-16-30(35-32)24-10-14-29(15-11-24)42(39,40)28-6-2-1-3-7-28/h1-3,6-17,27H,4-5,18-23H2,(H,33,34,35). The molecule has 2 fully saturated rings. The largest absolute Gasteiger partial charge is 0.377 e. The maximum atomic E-state index is 13.1. The van der Waals surface area contributed by atoms with E-state index in [9.17, 15) is 13.2 Å². The van der Waals surface area contributed by atoms with Crippen LogP contribution in [0.4, 0.5) is 11.6 Å². The third-order valence-corrected chi connectivity index (χ3v) is 9.49. The van der Waals surface area contributed by atoms with Gasteiger partial charge < -0.3 is 15.0 Å². The minimum absolute atomic E-state index is 0.0364. The number of carbonyl (C=O) groups excluding carboxylic acids is 1. The number of aromatic nitrogens is 2. The Morgan fingerprint density at radius 3 is 2.29 bits per heavy atom.